The number of aryl methyl sites for hydroxylation is 1. The number of carbonyl (C=O) groups is 2. The lowest BCUT2D eigenvalue weighted by Crippen LogP contribution is -2.29. The fraction of sp³-hybridized carbons (Fsp3) is 0.323. The highest BCUT2D eigenvalue weighted by molar-refractivity contribution is 6.46. The number of hydrogen-bond donors (Lipinski definition) is 1. The quantitative estimate of drug-likeness (QED) is 0.151. The summed E-state index contributed by atoms with van der Waals surface area (Å²) in [5, 5.41) is 11.5. The van der Waals surface area contributed by atoms with Crippen LogP contribution in [0.1, 0.15) is 48.1 Å². The lowest BCUT2D eigenvalue weighted by atomic mass is 9.94. The predicted octanol–water partition coefficient (Wildman–Crippen LogP) is 5.22. The van der Waals surface area contributed by atoms with Crippen LogP contribution in [0, 0.1) is 6.92 Å². The molecule has 0 bridgehead atoms. The van der Waals surface area contributed by atoms with Gasteiger partial charge in [-0.3, -0.25) is 14.6 Å². The zero-order chi connectivity index (χ0) is 28.8. The number of likely N-dealkylation sites (tertiary alicyclic amines) is 1. The molecule has 1 atom stereocenters. The van der Waals surface area contributed by atoms with E-state index >= 15 is 0 Å². The number of rotatable bonds is 11. The van der Waals surface area contributed by atoms with Crippen LogP contribution >= 0.6 is 0 Å². The number of Topliss-reactive ketones (excluding diaryl/α,β-unsaturated/α-hetero) is 1. The van der Waals surface area contributed by atoms with E-state index < -0.39 is 17.7 Å². The number of aliphatic hydroxyl groups is 1. The number of amides is 1. The predicted molar refractivity (Wildman–Crippen MR) is 150 cm³/mol. The number of pyridine rings is 1. The van der Waals surface area contributed by atoms with Gasteiger partial charge in [0.05, 0.1) is 39.6 Å². The Morgan fingerprint density at radius 2 is 1.73 bits per heavy atom. The van der Waals surface area contributed by atoms with Gasteiger partial charge in [0.2, 0.25) is 5.75 Å². The lowest BCUT2D eigenvalue weighted by Gasteiger charge is -2.26. The van der Waals surface area contributed by atoms with Crippen LogP contribution in [-0.4, -0.2) is 54.6 Å². The topological polar surface area (TPSA) is 107 Å². The Balaban J connectivity index is 1.87. The molecular formula is C31H34N2O7. The number of nitrogens with zero attached hydrogens (tertiary/aromatic N) is 2. The van der Waals surface area contributed by atoms with Crippen molar-refractivity contribution in [2.75, 3.05) is 27.9 Å². The summed E-state index contributed by atoms with van der Waals surface area (Å²) in [7, 11) is 4.47. The molecule has 0 saturated carbocycles. The standard InChI is InChI=1S/C31H34N2O7/c1-6-7-13-40-23-11-10-21(14-19(23)2)28(34)26-27(22-15-24(37-3)30(39-5)25(16-22)38-4)33(31(36)29(26)35)18-20-9-8-12-32-17-20/h8-12,14-17,27,34H,6-7,13,18H2,1-5H3/t27-/m0/s1. The largest absolute Gasteiger partial charge is 0.507 e. The molecule has 1 aromatic heterocycles. The number of unbranched alkanes of at least 4 members (excludes halogenated alkanes) is 1. The summed E-state index contributed by atoms with van der Waals surface area (Å²) < 4.78 is 22.4. The first kappa shape index (κ1) is 28.5. The van der Waals surface area contributed by atoms with Crippen LogP contribution in [-0.2, 0) is 16.1 Å². The molecular weight excluding hydrogens is 512 g/mol. The number of benzene rings is 2. The van der Waals surface area contributed by atoms with Crippen molar-refractivity contribution >= 4 is 17.4 Å². The van der Waals surface area contributed by atoms with E-state index in [0.717, 1.165) is 24.0 Å². The SMILES string of the molecule is CCCCOc1ccc(C(O)=C2C(=O)C(=O)N(Cc3cccnc3)[C@H]2c2cc(OC)c(OC)c(OC)c2)cc1C. The van der Waals surface area contributed by atoms with Gasteiger partial charge in [-0.25, -0.2) is 0 Å². The maximum atomic E-state index is 13.5. The fourth-order valence-electron chi connectivity index (χ4n) is 4.78. The minimum Gasteiger partial charge on any atom is -0.507 e. The van der Waals surface area contributed by atoms with Crippen molar-refractivity contribution in [3.63, 3.8) is 0 Å². The number of ether oxygens (including phenoxy) is 4. The Hall–Kier alpha value is -4.53. The minimum absolute atomic E-state index is 0.0396. The van der Waals surface area contributed by atoms with Gasteiger partial charge in [-0.05, 0) is 66.4 Å². The minimum atomic E-state index is -0.935. The first-order valence-electron chi connectivity index (χ1n) is 13.1. The second-order valence-corrected chi connectivity index (χ2v) is 9.43. The summed E-state index contributed by atoms with van der Waals surface area (Å²) in [6.07, 6.45) is 5.20. The van der Waals surface area contributed by atoms with Crippen molar-refractivity contribution in [2.45, 2.75) is 39.3 Å². The molecule has 3 aromatic rings. The zero-order valence-corrected chi connectivity index (χ0v) is 23.4. The zero-order valence-electron chi connectivity index (χ0n) is 23.4. The number of aromatic nitrogens is 1. The van der Waals surface area contributed by atoms with E-state index in [2.05, 4.69) is 11.9 Å². The van der Waals surface area contributed by atoms with E-state index in [1.165, 1.54) is 26.2 Å². The van der Waals surface area contributed by atoms with Crippen molar-refractivity contribution in [3.05, 3.63) is 82.7 Å². The molecule has 4 rings (SSSR count). The van der Waals surface area contributed by atoms with E-state index in [-0.39, 0.29) is 17.9 Å². The van der Waals surface area contributed by atoms with Crippen LogP contribution in [0.3, 0.4) is 0 Å². The summed E-state index contributed by atoms with van der Waals surface area (Å²) in [5.41, 5.74) is 2.40. The van der Waals surface area contributed by atoms with Crippen molar-refractivity contribution in [1.29, 1.82) is 0 Å². The molecule has 9 heteroatoms. The van der Waals surface area contributed by atoms with Gasteiger partial charge in [-0.1, -0.05) is 19.4 Å². The first-order chi connectivity index (χ1) is 19.3. The first-order valence-corrected chi connectivity index (χ1v) is 13.1. The van der Waals surface area contributed by atoms with Crippen LogP contribution < -0.4 is 18.9 Å². The van der Waals surface area contributed by atoms with Crippen LogP contribution in [0.2, 0.25) is 0 Å². The van der Waals surface area contributed by atoms with Crippen LogP contribution in [0.4, 0.5) is 0 Å². The summed E-state index contributed by atoms with van der Waals surface area (Å²) in [5.74, 6) is -0.0348. The van der Waals surface area contributed by atoms with Gasteiger partial charge in [0.25, 0.3) is 11.7 Å². The maximum absolute atomic E-state index is 13.5. The van der Waals surface area contributed by atoms with Crippen molar-refractivity contribution in [1.82, 2.24) is 9.88 Å². The third kappa shape index (κ3) is 5.59. The van der Waals surface area contributed by atoms with Gasteiger partial charge in [-0.15, -0.1) is 0 Å². The molecule has 0 aliphatic carbocycles. The highest BCUT2D eigenvalue weighted by Crippen LogP contribution is 2.46. The van der Waals surface area contributed by atoms with Crippen LogP contribution in [0.15, 0.2) is 60.4 Å². The summed E-state index contributed by atoms with van der Waals surface area (Å²) in [6, 6.07) is 11.2. The van der Waals surface area contributed by atoms with Gasteiger partial charge in [0.15, 0.2) is 11.5 Å². The van der Waals surface area contributed by atoms with Gasteiger partial charge in [-0.2, -0.15) is 0 Å². The number of aliphatic hydroxyl groups excluding tert-OH is 1. The second-order valence-electron chi connectivity index (χ2n) is 9.43. The molecule has 0 spiro atoms. The van der Waals surface area contributed by atoms with E-state index in [0.29, 0.717) is 40.7 Å². The van der Waals surface area contributed by atoms with Gasteiger partial charge in [0, 0.05) is 24.5 Å². The smallest absolute Gasteiger partial charge is 0.295 e. The van der Waals surface area contributed by atoms with Crippen molar-refractivity contribution in [2.24, 2.45) is 0 Å². The van der Waals surface area contributed by atoms with Gasteiger partial charge >= 0.3 is 0 Å². The Morgan fingerprint density at radius 3 is 2.30 bits per heavy atom. The summed E-state index contributed by atoms with van der Waals surface area (Å²) >= 11 is 0. The fourth-order valence-corrected chi connectivity index (χ4v) is 4.78. The molecule has 40 heavy (non-hydrogen) atoms. The van der Waals surface area contributed by atoms with E-state index in [9.17, 15) is 14.7 Å². The highest BCUT2D eigenvalue weighted by atomic mass is 16.5. The molecule has 0 unspecified atom stereocenters. The molecule has 210 valence electrons. The average Bonchev–Trinajstić information content (AvgIpc) is 3.22. The third-order valence-electron chi connectivity index (χ3n) is 6.82. The molecule has 1 fully saturated rings. The van der Waals surface area contributed by atoms with Gasteiger partial charge in [0.1, 0.15) is 11.5 Å². The number of carbonyl (C=O) groups excluding carboxylic acids is 2. The Kier molecular flexibility index (Phi) is 8.93. The molecule has 1 amide bonds. The Bertz CT molecular complexity index is 1390. The third-order valence-corrected chi connectivity index (χ3v) is 6.82. The molecule has 2 heterocycles. The van der Waals surface area contributed by atoms with Crippen LogP contribution in [0.25, 0.3) is 5.76 Å². The number of ketones is 1. The Labute approximate surface area is 234 Å². The van der Waals surface area contributed by atoms with Crippen LogP contribution in [0.5, 0.6) is 23.0 Å². The molecule has 1 aliphatic rings. The van der Waals surface area contributed by atoms with Crippen molar-refractivity contribution in [3.8, 4) is 23.0 Å². The lowest BCUT2D eigenvalue weighted by molar-refractivity contribution is -0.140. The normalized spacial score (nSPS) is 16.2. The average molecular weight is 547 g/mol. The number of hydrogen-bond acceptors (Lipinski definition) is 8. The molecule has 1 aliphatic heterocycles. The highest BCUT2D eigenvalue weighted by Gasteiger charge is 2.46. The molecule has 1 saturated heterocycles. The maximum Gasteiger partial charge on any atom is 0.295 e. The number of methoxy groups -OCH3 is 3. The Morgan fingerprint density at radius 1 is 1.00 bits per heavy atom. The second kappa shape index (κ2) is 12.5. The van der Waals surface area contributed by atoms with Gasteiger partial charge < -0.3 is 29.0 Å². The monoisotopic (exact) mass is 546 g/mol. The summed E-state index contributed by atoms with van der Waals surface area (Å²) in [6.45, 7) is 4.64. The molecule has 9 nitrogen and oxygen atoms in total. The summed E-state index contributed by atoms with van der Waals surface area (Å²) in [4.78, 5) is 32.5. The molecule has 0 radical (unpaired) electrons. The van der Waals surface area contributed by atoms with E-state index in [1.54, 1.807) is 48.8 Å². The van der Waals surface area contributed by atoms with Crippen molar-refractivity contribution < 1.29 is 33.6 Å². The molecule has 2 aromatic carbocycles. The molecule has 1 N–H and O–H groups in total. The van der Waals surface area contributed by atoms with E-state index in [1.807, 2.05) is 13.0 Å². The van der Waals surface area contributed by atoms with E-state index in [4.69, 9.17) is 18.9 Å².